The van der Waals surface area contributed by atoms with Gasteiger partial charge < -0.3 is 34.2 Å². The molecule has 0 aromatic rings. The van der Waals surface area contributed by atoms with Crippen molar-refractivity contribution in [3.8, 4) is 0 Å². The Balaban J connectivity index is 4.50. The number of ether oxygens (including phenoxy) is 3. The van der Waals surface area contributed by atoms with E-state index in [9.17, 15) is 43.5 Å². The normalized spacial score (nSPS) is 14.5. The van der Waals surface area contributed by atoms with Gasteiger partial charge in [-0.1, -0.05) is 328 Å². The first-order valence-corrected chi connectivity index (χ1v) is 45.8. The Bertz CT molecular complexity index is 2430. The predicted molar refractivity (Wildman–Crippen MR) is 445 cm³/mol. The van der Waals surface area contributed by atoms with Crippen LogP contribution in [0.5, 0.6) is 0 Å². The standard InChI is InChI=1S/C89H156O16P2/c1-4-7-10-13-16-19-22-25-28-30-32-34-36-38-39-40-41-42-43-45-47-48-50-52-55-57-60-63-66-69-72-75-87(92)99-78-84(90)79-101-106(95,96)102-80-85(91)81-103-107(97,98)104-83-86(105-89(94)77-74-71-68-65-62-59-54-27-24-21-18-15-12-9-6-3)82-100-88(93)76-73-70-67-64-61-58-56-53-51-49-46-44-37-35-33-31-29-26-23-20-17-14-11-8-5-2/h16-21,25-29,32-35,38-39,44,46,54,84-86,90-91H,4-15,22-24,30-31,36-37,40-43,45,47-53,55-83H2,1-3H3,(H,95,96)(H,97,98)/b19-16-,20-17-,21-18-,28-25-,29-26-,34-32-,35-33-,39-38-,46-44-,54-27-. The molecule has 618 valence electrons. The van der Waals surface area contributed by atoms with Gasteiger partial charge in [0.05, 0.1) is 26.4 Å². The van der Waals surface area contributed by atoms with Gasteiger partial charge in [-0.15, -0.1) is 0 Å². The topological polar surface area (TPSA) is 231 Å². The fourth-order valence-electron chi connectivity index (χ4n) is 11.6. The van der Waals surface area contributed by atoms with E-state index in [4.69, 9.17) is 32.3 Å². The van der Waals surface area contributed by atoms with Crippen molar-refractivity contribution < 1.29 is 75.8 Å². The number of carbonyl (C=O) groups is 3. The van der Waals surface area contributed by atoms with Crippen molar-refractivity contribution in [1.29, 1.82) is 0 Å². The molecule has 107 heavy (non-hydrogen) atoms. The van der Waals surface area contributed by atoms with Gasteiger partial charge in [0, 0.05) is 19.3 Å². The van der Waals surface area contributed by atoms with Gasteiger partial charge in [-0.3, -0.25) is 32.5 Å². The van der Waals surface area contributed by atoms with Crippen LogP contribution < -0.4 is 0 Å². The Morgan fingerprint density at radius 3 is 0.738 bits per heavy atom. The Morgan fingerprint density at radius 1 is 0.262 bits per heavy atom. The van der Waals surface area contributed by atoms with Crippen molar-refractivity contribution in [2.75, 3.05) is 39.6 Å². The second-order valence-corrected chi connectivity index (χ2v) is 31.5. The van der Waals surface area contributed by atoms with Gasteiger partial charge in [-0.05, 0) is 141 Å². The van der Waals surface area contributed by atoms with E-state index in [1.807, 2.05) is 0 Å². The van der Waals surface area contributed by atoms with Crippen LogP contribution in [0, 0.1) is 0 Å². The highest BCUT2D eigenvalue weighted by Crippen LogP contribution is 2.45. The molecule has 0 rings (SSSR count). The second kappa shape index (κ2) is 81.4. The number of allylic oxidation sites excluding steroid dienone is 20. The van der Waals surface area contributed by atoms with Gasteiger partial charge in [0.2, 0.25) is 0 Å². The molecule has 0 saturated heterocycles. The summed E-state index contributed by atoms with van der Waals surface area (Å²) in [6.45, 7) is 2.61. The Hall–Kier alpha value is -4.05. The molecular formula is C89H156O16P2. The lowest BCUT2D eigenvalue weighted by atomic mass is 10.0. The van der Waals surface area contributed by atoms with E-state index in [2.05, 4.69) is 142 Å². The Labute approximate surface area is 653 Å². The van der Waals surface area contributed by atoms with Crippen molar-refractivity contribution in [3.63, 3.8) is 0 Å². The molecule has 0 fully saturated rings. The maximum Gasteiger partial charge on any atom is 0.472 e. The molecule has 4 N–H and O–H groups in total. The number of aliphatic hydroxyl groups excluding tert-OH is 2. The van der Waals surface area contributed by atoms with Crippen molar-refractivity contribution in [2.24, 2.45) is 0 Å². The summed E-state index contributed by atoms with van der Waals surface area (Å²) in [5.41, 5.74) is 0. The molecule has 5 atom stereocenters. The summed E-state index contributed by atoms with van der Waals surface area (Å²) in [6.07, 6.45) is 98.2. The molecule has 0 spiro atoms. The van der Waals surface area contributed by atoms with Crippen LogP contribution in [0.1, 0.15) is 367 Å². The number of hydrogen-bond acceptors (Lipinski definition) is 14. The molecule has 5 unspecified atom stereocenters. The molecule has 0 saturated carbocycles. The Morgan fingerprint density at radius 2 is 0.467 bits per heavy atom. The molecule has 0 heterocycles. The molecule has 0 aromatic heterocycles. The quantitative estimate of drug-likeness (QED) is 0.0146. The molecule has 0 aromatic carbocycles. The Kier molecular flexibility index (Phi) is 78.4. The van der Waals surface area contributed by atoms with Crippen molar-refractivity contribution in [2.45, 2.75) is 386 Å². The van der Waals surface area contributed by atoms with Crippen LogP contribution >= 0.6 is 15.6 Å². The lowest BCUT2D eigenvalue weighted by Crippen LogP contribution is -2.30. The van der Waals surface area contributed by atoms with Crippen LogP contribution in [-0.2, 0) is 55.8 Å². The first-order chi connectivity index (χ1) is 52.2. The first kappa shape index (κ1) is 103. The number of carbonyl (C=O) groups excluding carboxylic acids is 3. The molecule has 0 aliphatic heterocycles. The molecular weight excluding hydrogens is 1390 g/mol. The minimum atomic E-state index is -4.94. The van der Waals surface area contributed by atoms with Crippen molar-refractivity contribution in [3.05, 3.63) is 122 Å². The summed E-state index contributed by atoms with van der Waals surface area (Å²) in [4.78, 5) is 58.8. The van der Waals surface area contributed by atoms with Crippen LogP contribution in [0.3, 0.4) is 0 Å². The predicted octanol–water partition coefficient (Wildman–Crippen LogP) is 25.7. The highest BCUT2D eigenvalue weighted by Gasteiger charge is 2.29. The lowest BCUT2D eigenvalue weighted by molar-refractivity contribution is -0.161. The van der Waals surface area contributed by atoms with Crippen LogP contribution in [0.4, 0.5) is 0 Å². The van der Waals surface area contributed by atoms with Crippen LogP contribution in [0.2, 0.25) is 0 Å². The van der Waals surface area contributed by atoms with Gasteiger partial charge in [0.25, 0.3) is 0 Å². The van der Waals surface area contributed by atoms with Crippen LogP contribution in [-0.4, -0.2) is 95.9 Å². The van der Waals surface area contributed by atoms with Gasteiger partial charge in [0.1, 0.15) is 25.4 Å². The maximum atomic E-state index is 13.0. The molecule has 0 aliphatic rings. The summed E-state index contributed by atoms with van der Waals surface area (Å²) in [5.74, 6) is -1.59. The number of phosphoric ester groups is 2. The largest absolute Gasteiger partial charge is 0.472 e. The molecule has 0 radical (unpaired) electrons. The van der Waals surface area contributed by atoms with Gasteiger partial charge >= 0.3 is 33.6 Å². The van der Waals surface area contributed by atoms with E-state index in [1.54, 1.807) is 0 Å². The van der Waals surface area contributed by atoms with Gasteiger partial charge in [-0.2, -0.15) is 0 Å². The zero-order valence-corrected chi connectivity index (χ0v) is 69.6. The zero-order chi connectivity index (χ0) is 78.0. The number of unbranched alkanes of at least 4 members (excludes halogenated alkanes) is 38. The second-order valence-electron chi connectivity index (χ2n) is 28.6. The fourth-order valence-corrected chi connectivity index (χ4v) is 13.2. The van der Waals surface area contributed by atoms with Crippen LogP contribution in [0.25, 0.3) is 0 Å². The number of esters is 3. The van der Waals surface area contributed by atoms with E-state index in [1.165, 1.54) is 173 Å². The van der Waals surface area contributed by atoms with E-state index < -0.39 is 91.5 Å². The maximum absolute atomic E-state index is 13.0. The third kappa shape index (κ3) is 82.7. The highest BCUT2D eigenvalue weighted by molar-refractivity contribution is 7.47. The number of phosphoric acid groups is 2. The minimum absolute atomic E-state index is 0.0862. The highest BCUT2D eigenvalue weighted by atomic mass is 31.2. The minimum Gasteiger partial charge on any atom is -0.463 e. The fraction of sp³-hybridized carbons (Fsp3) is 0.742. The zero-order valence-electron chi connectivity index (χ0n) is 67.8. The van der Waals surface area contributed by atoms with Gasteiger partial charge in [0.15, 0.2) is 6.10 Å². The SMILES string of the molecule is CCCCC/C=C\C/C=C\C/C=C\C/C=C\CCCCCCCCCCCCCCCCCC(=O)OCC(O)COP(=O)(O)OCC(O)COP(=O)(O)OCC(COC(=O)CCCCCCCCCCC/C=C\C/C=C\C/C=C\C/C=C\CCCCC)OC(=O)CCCCCCC/C=C\C/C=C\CCCCC. The van der Waals surface area contributed by atoms with Crippen LogP contribution in [0.15, 0.2) is 122 Å². The average molecular weight is 1540 g/mol. The van der Waals surface area contributed by atoms with E-state index in [0.29, 0.717) is 19.3 Å². The average Bonchev–Trinajstić information content (AvgIpc) is 0.906. The third-order valence-electron chi connectivity index (χ3n) is 18.1. The first-order valence-electron chi connectivity index (χ1n) is 42.8. The van der Waals surface area contributed by atoms with E-state index in [-0.39, 0.29) is 19.3 Å². The number of rotatable bonds is 81. The summed E-state index contributed by atoms with van der Waals surface area (Å²) in [6, 6.07) is 0. The number of hydrogen-bond donors (Lipinski definition) is 4. The van der Waals surface area contributed by atoms with E-state index in [0.717, 1.165) is 135 Å². The number of aliphatic hydroxyl groups is 2. The summed E-state index contributed by atoms with van der Waals surface area (Å²) in [5, 5.41) is 20.7. The molecule has 18 heteroatoms. The lowest BCUT2D eigenvalue weighted by Gasteiger charge is -2.21. The molecule has 0 aliphatic carbocycles. The molecule has 0 bridgehead atoms. The van der Waals surface area contributed by atoms with Gasteiger partial charge in [-0.25, -0.2) is 9.13 Å². The van der Waals surface area contributed by atoms with E-state index >= 15 is 0 Å². The summed E-state index contributed by atoms with van der Waals surface area (Å²) in [7, 11) is -9.80. The summed E-state index contributed by atoms with van der Waals surface area (Å²) >= 11 is 0. The van der Waals surface area contributed by atoms with Crippen molar-refractivity contribution in [1.82, 2.24) is 0 Å². The smallest absolute Gasteiger partial charge is 0.463 e. The van der Waals surface area contributed by atoms with Crippen molar-refractivity contribution >= 4 is 33.6 Å². The molecule has 16 nitrogen and oxygen atoms in total. The monoisotopic (exact) mass is 1540 g/mol. The summed E-state index contributed by atoms with van der Waals surface area (Å²) < 4.78 is 61.3. The third-order valence-corrected chi connectivity index (χ3v) is 20.0. The molecule has 0 amide bonds.